The van der Waals surface area contributed by atoms with Crippen LogP contribution < -0.4 is 0 Å². The molecule has 1 aromatic carbocycles. The molecule has 0 aliphatic heterocycles. The van der Waals surface area contributed by atoms with E-state index >= 15 is 0 Å². The van der Waals surface area contributed by atoms with E-state index in [2.05, 4.69) is 39.0 Å². The van der Waals surface area contributed by atoms with Crippen molar-refractivity contribution in [2.45, 2.75) is 129 Å². The largest absolute Gasteiger partial charge is 0.0654 e. The van der Waals surface area contributed by atoms with Gasteiger partial charge >= 0.3 is 0 Å². The summed E-state index contributed by atoms with van der Waals surface area (Å²) in [5, 5.41) is 0. The van der Waals surface area contributed by atoms with Gasteiger partial charge in [-0.2, -0.15) is 0 Å². The Kier molecular flexibility index (Phi) is 11.2. The second kappa shape index (κ2) is 13.4. The van der Waals surface area contributed by atoms with Gasteiger partial charge in [-0.1, -0.05) is 96.3 Å². The van der Waals surface area contributed by atoms with Gasteiger partial charge in [-0.3, -0.25) is 0 Å². The van der Waals surface area contributed by atoms with E-state index < -0.39 is 0 Å². The van der Waals surface area contributed by atoms with Crippen LogP contribution in [0.4, 0.5) is 0 Å². The molecule has 0 unspecified atom stereocenters. The van der Waals surface area contributed by atoms with Gasteiger partial charge in [0.1, 0.15) is 0 Å². The molecule has 0 heteroatoms. The highest BCUT2D eigenvalue weighted by atomic mass is 14.3. The van der Waals surface area contributed by atoms with Crippen molar-refractivity contribution in [1.82, 2.24) is 0 Å². The third kappa shape index (κ3) is 8.41. The molecule has 2 rings (SSSR count). The van der Waals surface area contributed by atoms with Crippen LogP contribution in [0, 0.1) is 12.8 Å². The standard InChI is InChI=1S/C27H46/c1-4-6-8-9-10-11-13-14-24-16-18-26(19-17-24)27-21-20-25(23(3)22-27)15-12-7-5-2/h20-22,24,26H,4-19H2,1-3H3/t24-,26-. The highest BCUT2D eigenvalue weighted by Crippen LogP contribution is 2.38. The van der Waals surface area contributed by atoms with Crippen LogP contribution in [0.25, 0.3) is 0 Å². The van der Waals surface area contributed by atoms with Crippen LogP contribution in [0.2, 0.25) is 0 Å². The molecule has 1 aromatic rings. The van der Waals surface area contributed by atoms with Gasteiger partial charge in [-0.05, 0) is 74.0 Å². The van der Waals surface area contributed by atoms with E-state index in [4.69, 9.17) is 0 Å². The second-order valence-electron chi connectivity index (χ2n) is 9.27. The topological polar surface area (TPSA) is 0 Å². The summed E-state index contributed by atoms with van der Waals surface area (Å²) in [7, 11) is 0. The lowest BCUT2D eigenvalue weighted by molar-refractivity contribution is 0.301. The fourth-order valence-electron chi connectivity index (χ4n) is 4.99. The van der Waals surface area contributed by atoms with Gasteiger partial charge in [0.25, 0.3) is 0 Å². The predicted octanol–water partition coefficient (Wildman–Crippen LogP) is 9.14. The number of hydrogen-bond acceptors (Lipinski definition) is 0. The summed E-state index contributed by atoms with van der Waals surface area (Å²) in [4.78, 5) is 0. The maximum absolute atomic E-state index is 2.52. The third-order valence-electron chi connectivity index (χ3n) is 6.95. The summed E-state index contributed by atoms with van der Waals surface area (Å²) >= 11 is 0. The maximum atomic E-state index is 2.52. The summed E-state index contributed by atoms with van der Waals surface area (Å²) in [5.41, 5.74) is 4.75. The van der Waals surface area contributed by atoms with Crippen LogP contribution in [-0.2, 0) is 6.42 Å². The van der Waals surface area contributed by atoms with Gasteiger partial charge in [-0.25, -0.2) is 0 Å². The lowest BCUT2D eigenvalue weighted by atomic mass is 9.76. The van der Waals surface area contributed by atoms with Gasteiger partial charge in [0.05, 0.1) is 0 Å². The first-order valence-electron chi connectivity index (χ1n) is 12.3. The molecular formula is C27H46. The molecule has 1 fully saturated rings. The number of aryl methyl sites for hydroxylation is 2. The average molecular weight is 371 g/mol. The van der Waals surface area contributed by atoms with Crippen LogP contribution in [-0.4, -0.2) is 0 Å². The van der Waals surface area contributed by atoms with Gasteiger partial charge in [-0.15, -0.1) is 0 Å². The molecule has 154 valence electrons. The Morgan fingerprint density at radius 2 is 1.37 bits per heavy atom. The Hall–Kier alpha value is -0.780. The van der Waals surface area contributed by atoms with E-state index in [1.54, 1.807) is 11.1 Å². The number of unbranched alkanes of at least 4 members (excludes halogenated alkanes) is 8. The second-order valence-corrected chi connectivity index (χ2v) is 9.27. The molecule has 0 spiro atoms. The van der Waals surface area contributed by atoms with E-state index in [0.717, 1.165) is 11.8 Å². The van der Waals surface area contributed by atoms with E-state index in [0.29, 0.717) is 0 Å². The molecule has 0 radical (unpaired) electrons. The fourth-order valence-corrected chi connectivity index (χ4v) is 4.99. The lowest BCUT2D eigenvalue weighted by Gasteiger charge is -2.29. The van der Waals surface area contributed by atoms with Crippen molar-refractivity contribution in [2.75, 3.05) is 0 Å². The molecule has 0 N–H and O–H groups in total. The number of rotatable bonds is 13. The third-order valence-corrected chi connectivity index (χ3v) is 6.95. The minimum atomic E-state index is 0.832. The Balaban J connectivity index is 1.65. The molecular weight excluding hydrogens is 324 g/mol. The van der Waals surface area contributed by atoms with E-state index in [9.17, 15) is 0 Å². The van der Waals surface area contributed by atoms with Gasteiger partial charge < -0.3 is 0 Å². The van der Waals surface area contributed by atoms with Crippen molar-refractivity contribution in [2.24, 2.45) is 5.92 Å². The summed E-state index contributed by atoms with van der Waals surface area (Å²) in [6.07, 6.45) is 22.7. The quantitative estimate of drug-likeness (QED) is 0.304. The minimum Gasteiger partial charge on any atom is -0.0654 e. The maximum Gasteiger partial charge on any atom is -0.0162 e. The van der Waals surface area contributed by atoms with Gasteiger partial charge in [0.2, 0.25) is 0 Å². The minimum absolute atomic E-state index is 0.832. The highest BCUT2D eigenvalue weighted by molar-refractivity contribution is 5.33. The molecule has 0 nitrogen and oxygen atoms in total. The van der Waals surface area contributed by atoms with Crippen molar-refractivity contribution in [3.8, 4) is 0 Å². The smallest absolute Gasteiger partial charge is 0.0162 e. The molecule has 1 saturated carbocycles. The SMILES string of the molecule is CCCCCCCCC[C@H]1CC[C@H](c2ccc(CCCCC)c(C)c2)CC1. The van der Waals surface area contributed by atoms with Gasteiger partial charge in [0.15, 0.2) is 0 Å². The van der Waals surface area contributed by atoms with Crippen LogP contribution >= 0.6 is 0 Å². The van der Waals surface area contributed by atoms with Crippen molar-refractivity contribution >= 4 is 0 Å². The molecule has 0 bridgehead atoms. The number of benzene rings is 1. The first kappa shape index (κ1) is 22.5. The molecule has 0 amide bonds. The fraction of sp³-hybridized carbons (Fsp3) is 0.778. The predicted molar refractivity (Wildman–Crippen MR) is 122 cm³/mol. The Morgan fingerprint density at radius 3 is 2.04 bits per heavy atom. The lowest BCUT2D eigenvalue weighted by Crippen LogP contribution is -2.13. The van der Waals surface area contributed by atoms with Gasteiger partial charge in [0, 0.05) is 0 Å². The van der Waals surface area contributed by atoms with Crippen molar-refractivity contribution < 1.29 is 0 Å². The number of hydrogen-bond donors (Lipinski definition) is 0. The average Bonchev–Trinajstić information content (AvgIpc) is 2.69. The summed E-state index contributed by atoms with van der Waals surface area (Å²) in [5.74, 6) is 1.85. The Bertz CT molecular complexity index is 493. The van der Waals surface area contributed by atoms with E-state index in [1.807, 2.05) is 0 Å². The van der Waals surface area contributed by atoms with Crippen molar-refractivity contribution in [3.05, 3.63) is 34.9 Å². The van der Waals surface area contributed by atoms with Crippen LogP contribution in [0.15, 0.2) is 18.2 Å². The summed E-state index contributed by atoms with van der Waals surface area (Å²) < 4.78 is 0. The zero-order valence-corrected chi connectivity index (χ0v) is 18.7. The molecule has 0 atom stereocenters. The molecule has 0 heterocycles. The Labute approximate surface area is 170 Å². The highest BCUT2D eigenvalue weighted by Gasteiger charge is 2.22. The molecule has 27 heavy (non-hydrogen) atoms. The van der Waals surface area contributed by atoms with E-state index in [-0.39, 0.29) is 0 Å². The van der Waals surface area contributed by atoms with Crippen LogP contribution in [0.5, 0.6) is 0 Å². The van der Waals surface area contributed by atoms with Crippen LogP contribution in [0.3, 0.4) is 0 Å². The normalized spacial score (nSPS) is 20.1. The van der Waals surface area contributed by atoms with E-state index in [1.165, 1.54) is 108 Å². The molecule has 0 aromatic heterocycles. The molecule has 1 aliphatic rings. The first-order valence-corrected chi connectivity index (χ1v) is 12.3. The van der Waals surface area contributed by atoms with Crippen molar-refractivity contribution in [1.29, 1.82) is 0 Å². The summed E-state index contributed by atoms with van der Waals surface area (Å²) in [6.45, 7) is 6.93. The summed E-state index contributed by atoms with van der Waals surface area (Å²) in [6, 6.07) is 7.41. The van der Waals surface area contributed by atoms with Crippen molar-refractivity contribution in [3.63, 3.8) is 0 Å². The Morgan fingerprint density at radius 1 is 0.741 bits per heavy atom. The molecule has 0 saturated heterocycles. The monoisotopic (exact) mass is 370 g/mol. The zero-order chi connectivity index (χ0) is 19.3. The van der Waals surface area contributed by atoms with Crippen LogP contribution in [0.1, 0.15) is 133 Å². The zero-order valence-electron chi connectivity index (χ0n) is 18.7. The first-order chi connectivity index (χ1) is 13.2. The molecule has 1 aliphatic carbocycles.